The molecule has 1 amide bonds. The molecule has 2 aromatic carbocycles. The van der Waals surface area contributed by atoms with Crippen LogP contribution in [-0.2, 0) is 6.42 Å². The summed E-state index contributed by atoms with van der Waals surface area (Å²) < 4.78 is 14.1. The average Bonchev–Trinajstić information content (AvgIpc) is 3.64. The van der Waals surface area contributed by atoms with Crippen LogP contribution in [0.15, 0.2) is 35.3 Å². The van der Waals surface area contributed by atoms with Gasteiger partial charge in [-0.25, -0.2) is 4.39 Å². The molecule has 1 atom stereocenters. The molecule has 0 spiro atoms. The number of rotatable bonds is 8. The Morgan fingerprint density at radius 1 is 1.25 bits per heavy atom. The number of benzene rings is 2. The molecule has 0 radical (unpaired) electrons. The molecule has 7 heteroatoms. The summed E-state index contributed by atoms with van der Waals surface area (Å²) in [5, 5.41) is 12.2. The summed E-state index contributed by atoms with van der Waals surface area (Å²) in [4.78, 5) is 29.5. The number of anilines is 2. The first-order chi connectivity index (χ1) is 16.8. The number of carbonyl (C=O) groups is 2. The van der Waals surface area contributed by atoms with E-state index in [1.54, 1.807) is 39.1 Å². The lowest BCUT2D eigenvalue weighted by molar-refractivity contribution is 0.0155. The Labute approximate surface area is 214 Å². The van der Waals surface area contributed by atoms with Gasteiger partial charge in [0.05, 0.1) is 16.9 Å². The highest BCUT2D eigenvalue weighted by molar-refractivity contribution is 6.14. The van der Waals surface area contributed by atoms with Crippen molar-refractivity contribution in [3.05, 3.63) is 58.4 Å². The number of aliphatic imine (C=N–C) groups is 1. The second-order valence-electron chi connectivity index (χ2n) is 10.3. The molecular weight excluding hydrogens is 457 g/mol. The van der Waals surface area contributed by atoms with E-state index in [4.69, 9.17) is 5.73 Å². The lowest BCUT2D eigenvalue weighted by atomic mass is 9.89. The van der Waals surface area contributed by atoms with Crippen LogP contribution in [0, 0.1) is 23.6 Å². The predicted octanol–water partition coefficient (Wildman–Crippen LogP) is 5.91. The summed E-state index contributed by atoms with van der Waals surface area (Å²) in [6, 6.07) is 7.43. The Bertz CT molecular complexity index is 1120. The molecule has 1 saturated carbocycles. The summed E-state index contributed by atoms with van der Waals surface area (Å²) in [5.74, 6) is -0.132. The van der Waals surface area contributed by atoms with Crippen molar-refractivity contribution in [1.82, 2.24) is 0 Å². The van der Waals surface area contributed by atoms with Gasteiger partial charge in [0.25, 0.3) is 5.91 Å². The number of Topliss-reactive ketones (excluding diaryl/α,β-unsaturated/α-hetero) is 1. The van der Waals surface area contributed by atoms with Gasteiger partial charge in [-0.1, -0.05) is 33.8 Å². The van der Waals surface area contributed by atoms with Gasteiger partial charge in [-0.2, -0.15) is 0 Å². The fourth-order valence-corrected chi connectivity index (χ4v) is 4.04. The van der Waals surface area contributed by atoms with Crippen molar-refractivity contribution in [2.24, 2.45) is 22.7 Å². The lowest BCUT2D eigenvalue weighted by Gasteiger charge is -2.25. The van der Waals surface area contributed by atoms with Gasteiger partial charge in [0.1, 0.15) is 5.82 Å². The first-order valence-electron chi connectivity index (χ1n) is 12.5. The van der Waals surface area contributed by atoms with Crippen LogP contribution in [0.2, 0.25) is 0 Å². The fraction of sp³-hybridized carbons (Fsp3) is 0.483. The van der Waals surface area contributed by atoms with Crippen LogP contribution in [0.3, 0.4) is 0 Å². The van der Waals surface area contributed by atoms with Crippen molar-refractivity contribution in [3.8, 4) is 0 Å². The molecule has 0 saturated heterocycles. The number of amides is 1. The summed E-state index contributed by atoms with van der Waals surface area (Å²) in [5.41, 5.74) is 7.73. The van der Waals surface area contributed by atoms with Crippen molar-refractivity contribution < 1.29 is 19.1 Å². The summed E-state index contributed by atoms with van der Waals surface area (Å²) in [6.07, 6.45) is 4.62. The van der Waals surface area contributed by atoms with Gasteiger partial charge < -0.3 is 16.2 Å². The molecule has 1 aliphatic rings. The van der Waals surface area contributed by atoms with Crippen LogP contribution in [0.4, 0.5) is 15.8 Å². The molecule has 196 valence electrons. The Balaban J connectivity index is 0.000000425. The van der Waals surface area contributed by atoms with E-state index in [1.165, 1.54) is 31.2 Å². The summed E-state index contributed by atoms with van der Waals surface area (Å²) >= 11 is 0. The number of carbonyl (C=O) groups excluding carboxylic acids is 2. The maximum absolute atomic E-state index is 14.1. The van der Waals surface area contributed by atoms with Crippen molar-refractivity contribution in [1.29, 1.82) is 0 Å². The fourth-order valence-electron chi connectivity index (χ4n) is 4.04. The van der Waals surface area contributed by atoms with Gasteiger partial charge in [-0.3, -0.25) is 14.6 Å². The molecular formula is C29H40FN3O3. The highest BCUT2D eigenvalue weighted by Crippen LogP contribution is 2.41. The number of halogens is 1. The van der Waals surface area contributed by atoms with Crippen LogP contribution in [0.25, 0.3) is 0 Å². The predicted molar refractivity (Wildman–Crippen MR) is 145 cm³/mol. The van der Waals surface area contributed by atoms with E-state index in [-0.39, 0.29) is 17.4 Å². The maximum atomic E-state index is 14.1. The number of ketones is 1. The zero-order valence-corrected chi connectivity index (χ0v) is 22.5. The first-order valence-corrected chi connectivity index (χ1v) is 12.5. The van der Waals surface area contributed by atoms with E-state index >= 15 is 0 Å². The maximum Gasteiger partial charge on any atom is 0.256 e. The SMILES string of the molecule is CC(C1CC1)C(C)(C)O.CCc1cc(F)cc(NC(=O)c2cccc(N)c2C=NC)c1C(=O)C(C)C. The van der Waals surface area contributed by atoms with Gasteiger partial charge >= 0.3 is 0 Å². The molecule has 1 fully saturated rings. The van der Waals surface area contributed by atoms with Crippen LogP contribution in [0.1, 0.15) is 86.2 Å². The number of hydrogen-bond donors (Lipinski definition) is 3. The minimum atomic E-state index is -0.509. The molecule has 2 aromatic rings. The third-order valence-corrected chi connectivity index (χ3v) is 6.67. The molecule has 4 N–H and O–H groups in total. The van der Waals surface area contributed by atoms with E-state index in [0.717, 1.165) is 5.92 Å². The van der Waals surface area contributed by atoms with E-state index < -0.39 is 17.3 Å². The molecule has 36 heavy (non-hydrogen) atoms. The molecule has 1 unspecified atom stereocenters. The second kappa shape index (κ2) is 12.3. The summed E-state index contributed by atoms with van der Waals surface area (Å²) in [7, 11) is 1.58. The number of hydrogen-bond acceptors (Lipinski definition) is 5. The monoisotopic (exact) mass is 497 g/mol. The normalized spacial score (nSPS) is 14.4. The van der Waals surface area contributed by atoms with Crippen molar-refractivity contribution >= 4 is 29.3 Å². The van der Waals surface area contributed by atoms with Crippen LogP contribution >= 0.6 is 0 Å². The molecule has 3 rings (SSSR count). The number of nitrogens with one attached hydrogen (secondary N) is 1. The topological polar surface area (TPSA) is 105 Å². The largest absolute Gasteiger partial charge is 0.398 e. The standard InChI is InChI=1S/C21H24FN3O2.C8H16O/c1-5-13-9-14(22)10-18(19(13)20(26)12(2)3)25-21(27)15-7-6-8-17(23)16(15)11-24-4;1-6(7-4-5-7)8(2,3)9/h6-12H,5,23H2,1-4H3,(H,25,27);6-7,9H,4-5H2,1-3H3. The number of aryl methyl sites for hydroxylation is 1. The van der Waals surface area contributed by atoms with E-state index in [0.29, 0.717) is 40.3 Å². The van der Waals surface area contributed by atoms with Crippen LogP contribution < -0.4 is 11.1 Å². The molecule has 6 nitrogen and oxygen atoms in total. The number of nitrogen functional groups attached to an aromatic ring is 1. The Hall–Kier alpha value is -3.06. The van der Waals surface area contributed by atoms with E-state index in [2.05, 4.69) is 17.2 Å². The molecule has 0 heterocycles. The number of nitrogens with zero attached hydrogens (tertiary/aromatic N) is 1. The molecule has 1 aliphatic carbocycles. The Morgan fingerprint density at radius 3 is 2.36 bits per heavy atom. The molecule has 0 bridgehead atoms. The van der Waals surface area contributed by atoms with Crippen LogP contribution in [-0.4, -0.2) is 35.7 Å². The lowest BCUT2D eigenvalue weighted by Crippen LogP contribution is -2.29. The minimum absolute atomic E-state index is 0.148. The van der Waals surface area contributed by atoms with Crippen molar-refractivity contribution in [2.45, 2.75) is 66.4 Å². The van der Waals surface area contributed by atoms with Gasteiger partial charge in [0.2, 0.25) is 0 Å². The zero-order valence-electron chi connectivity index (χ0n) is 22.5. The number of aliphatic hydroxyl groups is 1. The van der Waals surface area contributed by atoms with Crippen molar-refractivity contribution in [2.75, 3.05) is 18.1 Å². The average molecular weight is 498 g/mol. The van der Waals surface area contributed by atoms with Gasteiger partial charge in [0, 0.05) is 36.0 Å². The first kappa shape index (κ1) is 29.2. The highest BCUT2D eigenvalue weighted by atomic mass is 19.1. The second-order valence-corrected chi connectivity index (χ2v) is 10.3. The third-order valence-electron chi connectivity index (χ3n) is 6.67. The van der Waals surface area contributed by atoms with E-state index in [1.807, 2.05) is 20.8 Å². The molecule has 0 aromatic heterocycles. The van der Waals surface area contributed by atoms with E-state index in [9.17, 15) is 19.1 Å². The Morgan fingerprint density at radius 2 is 1.89 bits per heavy atom. The van der Waals surface area contributed by atoms with Crippen molar-refractivity contribution in [3.63, 3.8) is 0 Å². The number of nitrogens with two attached hydrogens (primary N) is 1. The highest BCUT2D eigenvalue weighted by Gasteiger charge is 2.36. The van der Waals surface area contributed by atoms with Crippen LogP contribution in [0.5, 0.6) is 0 Å². The zero-order chi connectivity index (χ0) is 27.2. The summed E-state index contributed by atoms with van der Waals surface area (Å²) in [6.45, 7) is 11.3. The minimum Gasteiger partial charge on any atom is -0.398 e. The quantitative estimate of drug-likeness (QED) is 0.239. The Kier molecular flexibility index (Phi) is 9.93. The molecule has 0 aliphatic heterocycles. The van der Waals surface area contributed by atoms with Gasteiger partial charge in [-0.15, -0.1) is 0 Å². The van der Waals surface area contributed by atoms with Gasteiger partial charge in [0.15, 0.2) is 5.78 Å². The van der Waals surface area contributed by atoms with Gasteiger partial charge in [-0.05, 0) is 74.8 Å². The smallest absolute Gasteiger partial charge is 0.256 e. The third kappa shape index (κ3) is 7.47.